The van der Waals surface area contributed by atoms with Gasteiger partial charge in [-0.2, -0.15) is 4.31 Å². The van der Waals surface area contributed by atoms with Crippen molar-refractivity contribution >= 4 is 43.0 Å². The number of nitrogens with one attached hydrogen (secondary N) is 1. The van der Waals surface area contributed by atoms with Crippen molar-refractivity contribution in [2.24, 2.45) is 5.92 Å². The molecule has 2 N–H and O–H groups in total. The quantitative estimate of drug-likeness (QED) is 0.452. The molecule has 14 heteroatoms. The number of hydrogen-bond donors (Lipinski definition) is 2. The van der Waals surface area contributed by atoms with Gasteiger partial charge in [-0.15, -0.1) is 11.3 Å². The average molecular weight is 632 g/mol. The predicted octanol–water partition coefficient (Wildman–Crippen LogP) is 3.24. The summed E-state index contributed by atoms with van der Waals surface area (Å²) in [5.41, 5.74) is 0.369. The summed E-state index contributed by atoms with van der Waals surface area (Å²) in [5.74, 6) is -0.457. The molecule has 1 aromatic heterocycles. The summed E-state index contributed by atoms with van der Waals surface area (Å²) in [5, 5.41) is 11.8. The molecule has 11 nitrogen and oxygen atoms in total. The van der Waals surface area contributed by atoms with Crippen LogP contribution in [0.3, 0.4) is 0 Å². The molecule has 0 bridgehead atoms. The van der Waals surface area contributed by atoms with Crippen LogP contribution in [-0.2, 0) is 24.8 Å². The third-order valence-corrected chi connectivity index (χ3v) is 10.8. The van der Waals surface area contributed by atoms with E-state index in [1.54, 1.807) is 36.6 Å². The fourth-order valence-corrected chi connectivity index (χ4v) is 7.52. The molecule has 0 saturated carbocycles. The maximum absolute atomic E-state index is 14.0. The second-order valence-electron chi connectivity index (χ2n) is 10.6. The van der Waals surface area contributed by atoms with Gasteiger partial charge in [0.15, 0.2) is 0 Å². The number of aliphatic hydroxyl groups excluding tert-OH is 1. The van der Waals surface area contributed by atoms with Gasteiger partial charge in [-0.05, 0) is 62.8 Å². The standard InChI is InChI=1S/C27H41N3O8S3/c1-19-16-30(20(2)18-31)27(32)23-15-22(28-40(5,33)34)11-12-24(23)38-21(3)9-6-7-13-37-25(19)17-29(4)41(35,36)26-10-8-14-39-26/h8,10-12,14-15,19-21,25,28,31H,6-7,9,13,16-18H2,1-5H3/t19-,20-,21+,25-/m1/s1. The monoisotopic (exact) mass is 631 g/mol. The topological polar surface area (TPSA) is 143 Å². The highest BCUT2D eigenvalue weighted by molar-refractivity contribution is 7.92. The average Bonchev–Trinajstić information content (AvgIpc) is 3.45. The number of thiophene rings is 1. The van der Waals surface area contributed by atoms with Crippen molar-refractivity contribution in [1.82, 2.24) is 9.21 Å². The highest BCUT2D eigenvalue weighted by Crippen LogP contribution is 2.29. The fraction of sp³-hybridized carbons (Fsp3) is 0.593. The molecule has 2 aromatic rings. The summed E-state index contributed by atoms with van der Waals surface area (Å²) in [6.07, 6.45) is 2.46. The molecule has 230 valence electrons. The molecule has 1 aliphatic rings. The van der Waals surface area contributed by atoms with Gasteiger partial charge in [-0.3, -0.25) is 9.52 Å². The molecular weight excluding hydrogens is 591 g/mol. The molecule has 1 amide bonds. The van der Waals surface area contributed by atoms with E-state index in [9.17, 15) is 26.7 Å². The van der Waals surface area contributed by atoms with Crippen LogP contribution in [0.5, 0.6) is 5.75 Å². The molecule has 1 aliphatic heterocycles. The van der Waals surface area contributed by atoms with Crippen LogP contribution < -0.4 is 9.46 Å². The van der Waals surface area contributed by atoms with E-state index in [2.05, 4.69) is 4.72 Å². The summed E-state index contributed by atoms with van der Waals surface area (Å²) in [6, 6.07) is 7.21. The summed E-state index contributed by atoms with van der Waals surface area (Å²) in [6.45, 7) is 5.81. The highest BCUT2D eigenvalue weighted by Gasteiger charge is 2.32. The van der Waals surface area contributed by atoms with E-state index in [0.29, 0.717) is 18.8 Å². The first-order valence-electron chi connectivity index (χ1n) is 13.5. The second-order valence-corrected chi connectivity index (χ2v) is 15.6. The molecule has 0 fully saturated rings. The van der Waals surface area contributed by atoms with Gasteiger partial charge in [0.1, 0.15) is 9.96 Å². The van der Waals surface area contributed by atoms with Gasteiger partial charge in [0, 0.05) is 38.3 Å². The summed E-state index contributed by atoms with van der Waals surface area (Å²) in [7, 11) is -5.79. The Morgan fingerprint density at radius 1 is 1.20 bits per heavy atom. The minimum absolute atomic E-state index is 0.0788. The maximum atomic E-state index is 14.0. The molecule has 2 heterocycles. The van der Waals surface area contributed by atoms with Crippen molar-refractivity contribution in [1.29, 1.82) is 0 Å². The zero-order valence-electron chi connectivity index (χ0n) is 24.1. The molecule has 0 unspecified atom stereocenters. The third kappa shape index (κ3) is 9.13. The van der Waals surface area contributed by atoms with Crippen LogP contribution in [0.4, 0.5) is 5.69 Å². The molecule has 0 aliphatic carbocycles. The Morgan fingerprint density at radius 2 is 1.93 bits per heavy atom. The lowest BCUT2D eigenvalue weighted by Crippen LogP contribution is -2.48. The minimum atomic E-state index is -3.71. The third-order valence-electron chi connectivity index (χ3n) is 6.95. The van der Waals surface area contributed by atoms with Gasteiger partial charge in [-0.1, -0.05) is 13.0 Å². The Labute approximate surface area is 247 Å². The largest absolute Gasteiger partial charge is 0.490 e. The lowest BCUT2D eigenvalue weighted by Gasteiger charge is -2.35. The molecule has 3 rings (SSSR count). The van der Waals surface area contributed by atoms with Crippen molar-refractivity contribution in [3.63, 3.8) is 0 Å². The number of nitrogens with zero attached hydrogens (tertiary/aromatic N) is 2. The van der Waals surface area contributed by atoms with E-state index >= 15 is 0 Å². The lowest BCUT2D eigenvalue weighted by atomic mass is 10.0. The van der Waals surface area contributed by atoms with Crippen LogP contribution in [0.2, 0.25) is 0 Å². The van der Waals surface area contributed by atoms with Gasteiger partial charge >= 0.3 is 0 Å². The lowest BCUT2D eigenvalue weighted by molar-refractivity contribution is -0.00832. The first-order valence-corrected chi connectivity index (χ1v) is 17.8. The van der Waals surface area contributed by atoms with E-state index in [4.69, 9.17) is 9.47 Å². The number of anilines is 1. The molecule has 41 heavy (non-hydrogen) atoms. The van der Waals surface area contributed by atoms with Crippen LogP contribution in [0, 0.1) is 5.92 Å². The number of likely N-dealkylation sites (N-methyl/N-ethyl adjacent to an activating group) is 1. The van der Waals surface area contributed by atoms with Crippen LogP contribution >= 0.6 is 11.3 Å². The predicted molar refractivity (Wildman–Crippen MR) is 159 cm³/mol. The summed E-state index contributed by atoms with van der Waals surface area (Å²) < 4.78 is 66.3. The van der Waals surface area contributed by atoms with Gasteiger partial charge in [0.25, 0.3) is 15.9 Å². The number of benzene rings is 1. The first kappa shape index (κ1) is 33.3. The number of hydrogen-bond acceptors (Lipinski definition) is 9. The summed E-state index contributed by atoms with van der Waals surface area (Å²) >= 11 is 1.14. The minimum Gasteiger partial charge on any atom is -0.490 e. The van der Waals surface area contributed by atoms with Crippen LogP contribution in [-0.4, -0.2) is 94.9 Å². The Kier molecular flexibility index (Phi) is 11.6. The van der Waals surface area contributed by atoms with Gasteiger partial charge in [-0.25, -0.2) is 16.8 Å². The number of sulfonamides is 2. The number of rotatable bonds is 8. The van der Waals surface area contributed by atoms with E-state index in [1.165, 1.54) is 22.3 Å². The normalized spacial score (nSPS) is 22.5. The molecule has 0 saturated heterocycles. The van der Waals surface area contributed by atoms with Crippen LogP contribution in [0.25, 0.3) is 0 Å². The van der Waals surface area contributed by atoms with Crippen molar-refractivity contribution in [3.8, 4) is 5.75 Å². The van der Waals surface area contributed by atoms with E-state index in [0.717, 1.165) is 30.4 Å². The molecule has 0 radical (unpaired) electrons. The SMILES string of the molecule is C[C@@H]1CN([C@H](C)CO)C(=O)c2cc(NS(C)(=O)=O)ccc2O[C@@H](C)CCCCO[C@@H]1CN(C)S(=O)(=O)c1cccs1. The molecule has 4 atom stereocenters. The zero-order chi connectivity index (χ0) is 30.4. The maximum Gasteiger partial charge on any atom is 0.258 e. The Hall–Kier alpha value is -2.23. The fourth-order valence-electron chi connectivity index (χ4n) is 4.58. The summed E-state index contributed by atoms with van der Waals surface area (Å²) in [4.78, 5) is 15.5. The number of aliphatic hydroxyl groups is 1. The number of ether oxygens (including phenoxy) is 2. The van der Waals surface area contributed by atoms with E-state index in [1.807, 2.05) is 13.8 Å². The smallest absolute Gasteiger partial charge is 0.258 e. The van der Waals surface area contributed by atoms with Crippen LogP contribution in [0.1, 0.15) is 50.4 Å². The second kappa shape index (κ2) is 14.3. The Balaban J connectivity index is 1.98. The first-order chi connectivity index (χ1) is 19.2. The molecule has 1 aromatic carbocycles. The van der Waals surface area contributed by atoms with Gasteiger partial charge in [0.05, 0.1) is 36.7 Å². The van der Waals surface area contributed by atoms with E-state index in [-0.39, 0.29) is 47.2 Å². The Morgan fingerprint density at radius 3 is 2.56 bits per heavy atom. The Bertz CT molecular complexity index is 1370. The molecular formula is C27H41N3O8S3. The number of fused-ring (bicyclic) bond motifs is 1. The van der Waals surface area contributed by atoms with Crippen molar-refractivity contribution in [2.45, 2.75) is 62.5 Å². The van der Waals surface area contributed by atoms with Crippen molar-refractivity contribution in [3.05, 3.63) is 41.3 Å². The van der Waals surface area contributed by atoms with Gasteiger partial charge < -0.3 is 19.5 Å². The number of carbonyl (C=O) groups excluding carboxylic acids is 1. The number of amides is 1. The van der Waals surface area contributed by atoms with Crippen molar-refractivity contribution in [2.75, 3.05) is 44.3 Å². The highest BCUT2D eigenvalue weighted by atomic mass is 32.2. The van der Waals surface area contributed by atoms with Gasteiger partial charge in [0.2, 0.25) is 10.0 Å². The number of carbonyl (C=O) groups is 1. The molecule has 0 spiro atoms. The zero-order valence-corrected chi connectivity index (χ0v) is 26.6. The van der Waals surface area contributed by atoms with E-state index < -0.39 is 38.1 Å². The van der Waals surface area contributed by atoms with Crippen molar-refractivity contribution < 1.29 is 36.2 Å². The van der Waals surface area contributed by atoms with Crippen LogP contribution in [0.15, 0.2) is 39.9 Å².